The van der Waals surface area contributed by atoms with E-state index in [1.165, 1.54) is 0 Å². The average Bonchev–Trinajstić information content (AvgIpc) is 2.60. The molecule has 0 radical (unpaired) electrons. The van der Waals surface area contributed by atoms with Gasteiger partial charge in [-0.3, -0.25) is 4.79 Å². The largest absolute Gasteiger partial charge is 0.481 e. The minimum Gasteiger partial charge on any atom is -0.481 e. The summed E-state index contributed by atoms with van der Waals surface area (Å²) < 4.78 is 2.25. The average molecular weight is 245 g/mol. The van der Waals surface area contributed by atoms with Crippen LogP contribution in [0.15, 0.2) is 24.3 Å². The van der Waals surface area contributed by atoms with Gasteiger partial charge in [0.25, 0.3) is 0 Å². The van der Waals surface area contributed by atoms with Gasteiger partial charge in [0.2, 0.25) is 0 Å². The Kier molecular flexibility index (Phi) is 3.70. The van der Waals surface area contributed by atoms with E-state index in [2.05, 4.69) is 17.6 Å². The summed E-state index contributed by atoms with van der Waals surface area (Å²) in [6.45, 7) is 5.15. The van der Waals surface area contributed by atoms with E-state index in [9.17, 15) is 4.79 Å². The first-order valence-electron chi connectivity index (χ1n) is 6.43. The van der Waals surface area contributed by atoms with Crippen LogP contribution in [0.25, 0.3) is 10.9 Å². The van der Waals surface area contributed by atoms with Crippen LogP contribution in [-0.2, 0) is 17.8 Å². The molecular formula is C15H19NO2. The molecule has 0 aliphatic carbocycles. The first-order chi connectivity index (χ1) is 8.65. The Balaban J connectivity index is 2.55. The van der Waals surface area contributed by atoms with E-state index in [0.29, 0.717) is 0 Å². The van der Waals surface area contributed by atoms with Crippen LogP contribution in [0, 0.1) is 6.92 Å². The van der Waals surface area contributed by atoms with E-state index in [1.807, 2.05) is 25.1 Å². The van der Waals surface area contributed by atoms with E-state index >= 15 is 0 Å². The van der Waals surface area contributed by atoms with E-state index in [4.69, 9.17) is 5.11 Å². The number of carboxylic acids is 1. The number of fused-ring (bicyclic) bond motifs is 1. The molecule has 1 heterocycles. The summed E-state index contributed by atoms with van der Waals surface area (Å²) in [5, 5.41) is 10.1. The predicted octanol–water partition coefficient (Wildman–Crippen LogP) is 3.38. The maximum Gasteiger partial charge on any atom is 0.307 e. The molecular weight excluding hydrogens is 226 g/mol. The summed E-state index contributed by atoms with van der Waals surface area (Å²) in [5.41, 5.74) is 3.20. The quantitative estimate of drug-likeness (QED) is 0.877. The van der Waals surface area contributed by atoms with Crippen molar-refractivity contribution in [3.8, 4) is 0 Å². The van der Waals surface area contributed by atoms with E-state index in [-0.39, 0.29) is 6.42 Å². The highest BCUT2D eigenvalue weighted by Crippen LogP contribution is 2.26. The second-order valence-corrected chi connectivity index (χ2v) is 4.66. The molecule has 0 unspecified atom stereocenters. The maximum atomic E-state index is 11.0. The van der Waals surface area contributed by atoms with Crippen molar-refractivity contribution in [2.24, 2.45) is 0 Å². The highest BCUT2D eigenvalue weighted by Gasteiger charge is 2.15. The molecule has 3 nitrogen and oxygen atoms in total. The lowest BCUT2D eigenvalue weighted by Crippen LogP contribution is -2.04. The van der Waals surface area contributed by atoms with Crippen molar-refractivity contribution in [1.82, 2.24) is 4.57 Å². The third kappa shape index (κ3) is 2.26. The smallest absolute Gasteiger partial charge is 0.307 e. The van der Waals surface area contributed by atoms with Crippen LogP contribution >= 0.6 is 0 Å². The summed E-state index contributed by atoms with van der Waals surface area (Å²) in [5.74, 6) is -0.767. The first kappa shape index (κ1) is 12.7. The van der Waals surface area contributed by atoms with Gasteiger partial charge in [0.15, 0.2) is 0 Å². The van der Waals surface area contributed by atoms with Gasteiger partial charge in [0.1, 0.15) is 0 Å². The van der Waals surface area contributed by atoms with Crippen molar-refractivity contribution in [2.75, 3.05) is 0 Å². The number of carbonyl (C=O) groups is 1. The topological polar surface area (TPSA) is 42.2 Å². The molecule has 0 aliphatic rings. The van der Waals surface area contributed by atoms with Gasteiger partial charge >= 0.3 is 5.97 Å². The molecule has 0 bridgehead atoms. The Hall–Kier alpha value is -1.77. The zero-order valence-corrected chi connectivity index (χ0v) is 10.9. The van der Waals surface area contributed by atoms with Crippen molar-refractivity contribution in [3.63, 3.8) is 0 Å². The molecule has 0 atom stereocenters. The zero-order valence-electron chi connectivity index (χ0n) is 10.9. The molecule has 1 N–H and O–H groups in total. The number of benzene rings is 1. The van der Waals surface area contributed by atoms with Crippen LogP contribution < -0.4 is 0 Å². The molecule has 0 fully saturated rings. The summed E-state index contributed by atoms with van der Waals surface area (Å²) in [6.07, 6.45) is 2.36. The van der Waals surface area contributed by atoms with Crippen LogP contribution in [0.1, 0.15) is 31.0 Å². The Morgan fingerprint density at radius 1 is 1.33 bits per heavy atom. The minimum absolute atomic E-state index is 0.103. The van der Waals surface area contributed by atoms with E-state index < -0.39 is 5.97 Å². The zero-order chi connectivity index (χ0) is 13.1. The van der Waals surface area contributed by atoms with Gasteiger partial charge in [-0.05, 0) is 25.0 Å². The van der Waals surface area contributed by atoms with E-state index in [0.717, 1.165) is 41.5 Å². The number of unbranched alkanes of at least 4 members (excludes halogenated alkanes) is 1. The molecule has 0 saturated heterocycles. The number of para-hydroxylation sites is 1. The highest BCUT2D eigenvalue weighted by atomic mass is 16.4. The number of rotatable bonds is 5. The Labute approximate surface area is 107 Å². The summed E-state index contributed by atoms with van der Waals surface area (Å²) >= 11 is 0. The SMILES string of the molecule is CCCCn1c(C)c(CC(=O)O)c2ccccc21. The number of aliphatic carboxylic acids is 1. The fraction of sp³-hybridized carbons (Fsp3) is 0.400. The van der Waals surface area contributed by atoms with Gasteiger partial charge in [-0.15, -0.1) is 0 Å². The summed E-state index contributed by atoms with van der Waals surface area (Å²) in [7, 11) is 0. The molecule has 0 aliphatic heterocycles. The van der Waals surface area contributed by atoms with Gasteiger partial charge in [-0.2, -0.15) is 0 Å². The third-order valence-corrected chi connectivity index (χ3v) is 3.42. The van der Waals surface area contributed by atoms with Crippen LogP contribution in [-0.4, -0.2) is 15.6 Å². The second-order valence-electron chi connectivity index (χ2n) is 4.66. The monoisotopic (exact) mass is 245 g/mol. The third-order valence-electron chi connectivity index (χ3n) is 3.42. The molecule has 1 aromatic heterocycles. The van der Waals surface area contributed by atoms with Crippen LogP contribution in [0.4, 0.5) is 0 Å². The fourth-order valence-corrected chi connectivity index (χ4v) is 2.48. The van der Waals surface area contributed by atoms with Crippen LogP contribution in [0.5, 0.6) is 0 Å². The molecule has 3 heteroatoms. The second kappa shape index (κ2) is 5.25. The number of hydrogen-bond donors (Lipinski definition) is 1. The van der Waals surface area contributed by atoms with Crippen molar-refractivity contribution >= 4 is 16.9 Å². The van der Waals surface area contributed by atoms with Crippen molar-refractivity contribution in [3.05, 3.63) is 35.5 Å². The molecule has 0 saturated carbocycles. The normalized spacial score (nSPS) is 11.0. The van der Waals surface area contributed by atoms with Crippen molar-refractivity contribution in [2.45, 2.75) is 39.7 Å². The van der Waals surface area contributed by atoms with Crippen LogP contribution in [0.3, 0.4) is 0 Å². The predicted molar refractivity (Wildman–Crippen MR) is 72.9 cm³/mol. The maximum absolute atomic E-state index is 11.0. The number of carboxylic acid groups (broad SMARTS) is 1. The van der Waals surface area contributed by atoms with Crippen molar-refractivity contribution in [1.29, 1.82) is 0 Å². The van der Waals surface area contributed by atoms with Crippen molar-refractivity contribution < 1.29 is 9.90 Å². The van der Waals surface area contributed by atoms with Gasteiger partial charge in [0.05, 0.1) is 6.42 Å². The molecule has 2 rings (SSSR count). The lowest BCUT2D eigenvalue weighted by atomic mass is 10.1. The molecule has 96 valence electrons. The molecule has 0 amide bonds. The Bertz CT molecular complexity index is 569. The Morgan fingerprint density at radius 2 is 2.06 bits per heavy atom. The van der Waals surface area contributed by atoms with Gasteiger partial charge < -0.3 is 9.67 Å². The fourth-order valence-electron chi connectivity index (χ4n) is 2.48. The number of nitrogens with zero attached hydrogens (tertiary/aromatic N) is 1. The Morgan fingerprint density at radius 3 is 2.72 bits per heavy atom. The molecule has 0 spiro atoms. The molecule has 1 aromatic carbocycles. The minimum atomic E-state index is -0.767. The summed E-state index contributed by atoms with van der Waals surface area (Å²) in [4.78, 5) is 11.0. The lowest BCUT2D eigenvalue weighted by Gasteiger charge is -2.07. The van der Waals surface area contributed by atoms with Gasteiger partial charge in [-0.25, -0.2) is 0 Å². The van der Waals surface area contributed by atoms with E-state index in [1.54, 1.807) is 0 Å². The number of aryl methyl sites for hydroxylation is 1. The molecule has 18 heavy (non-hydrogen) atoms. The standard InChI is InChI=1S/C15H19NO2/c1-3-4-9-16-11(2)13(10-15(17)18)12-7-5-6-8-14(12)16/h5-8H,3-4,9-10H2,1-2H3,(H,17,18). The van der Waals surface area contributed by atoms with Gasteiger partial charge in [-0.1, -0.05) is 31.5 Å². The number of aromatic nitrogens is 1. The highest BCUT2D eigenvalue weighted by molar-refractivity contribution is 5.89. The number of hydrogen-bond acceptors (Lipinski definition) is 1. The molecule has 2 aromatic rings. The van der Waals surface area contributed by atoms with Crippen LogP contribution in [0.2, 0.25) is 0 Å². The lowest BCUT2D eigenvalue weighted by molar-refractivity contribution is -0.136. The van der Waals surface area contributed by atoms with Gasteiger partial charge in [0, 0.05) is 23.1 Å². The summed E-state index contributed by atoms with van der Waals surface area (Å²) in [6, 6.07) is 8.07. The first-order valence-corrected chi connectivity index (χ1v) is 6.43.